The molecule has 116 valence electrons. The van der Waals surface area contributed by atoms with Crippen molar-refractivity contribution in [2.24, 2.45) is 0 Å². The first-order chi connectivity index (χ1) is 10.2. The maximum absolute atomic E-state index is 12.0. The van der Waals surface area contributed by atoms with Crippen molar-refractivity contribution in [3.8, 4) is 5.75 Å². The predicted molar refractivity (Wildman–Crippen MR) is 79.6 cm³/mol. The Morgan fingerprint density at radius 1 is 1.33 bits per heavy atom. The molecule has 1 saturated heterocycles. The third-order valence-corrected chi connectivity index (χ3v) is 3.15. The van der Waals surface area contributed by atoms with Crippen LogP contribution < -0.4 is 10.1 Å². The second-order valence-corrected chi connectivity index (χ2v) is 4.77. The van der Waals surface area contributed by atoms with Gasteiger partial charge in [0, 0.05) is 25.7 Å². The number of amides is 2. The number of ether oxygens (including phenoxy) is 3. The molecule has 0 atom stereocenters. The highest BCUT2D eigenvalue weighted by Gasteiger charge is 2.17. The summed E-state index contributed by atoms with van der Waals surface area (Å²) in [5.41, 5.74) is 0.740. The van der Waals surface area contributed by atoms with Gasteiger partial charge in [-0.25, -0.2) is 4.79 Å². The molecule has 2 amide bonds. The molecule has 6 nitrogen and oxygen atoms in total. The van der Waals surface area contributed by atoms with Crippen LogP contribution in [0.5, 0.6) is 5.75 Å². The summed E-state index contributed by atoms with van der Waals surface area (Å²) < 4.78 is 16.0. The quantitative estimate of drug-likeness (QED) is 0.874. The van der Waals surface area contributed by atoms with Crippen molar-refractivity contribution in [3.05, 3.63) is 24.3 Å². The zero-order valence-electron chi connectivity index (χ0n) is 12.5. The summed E-state index contributed by atoms with van der Waals surface area (Å²) in [6, 6.07) is 7.15. The van der Waals surface area contributed by atoms with E-state index in [2.05, 4.69) is 5.32 Å². The highest BCUT2D eigenvalue weighted by atomic mass is 16.7. The fourth-order valence-corrected chi connectivity index (χ4v) is 1.99. The lowest BCUT2D eigenvalue weighted by atomic mass is 10.3. The molecular weight excluding hydrogens is 272 g/mol. The van der Waals surface area contributed by atoms with Gasteiger partial charge in [-0.2, -0.15) is 0 Å². The number of urea groups is 1. The number of carbonyl (C=O) groups is 1. The van der Waals surface area contributed by atoms with Crippen LogP contribution in [0, 0.1) is 0 Å². The second kappa shape index (κ2) is 7.85. The minimum Gasteiger partial charge on any atom is -0.494 e. The van der Waals surface area contributed by atoms with E-state index in [1.807, 2.05) is 31.2 Å². The topological polar surface area (TPSA) is 60.0 Å². The molecule has 1 heterocycles. The molecule has 1 aliphatic heterocycles. The summed E-state index contributed by atoms with van der Waals surface area (Å²) in [5.74, 6) is 0.791. The van der Waals surface area contributed by atoms with Crippen molar-refractivity contribution in [3.63, 3.8) is 0 Å². The number of rotatable bonds is 6. The Balaban J connectivity index is 1.76. The fourth-order valence-electron chi connectivity index (χ4n) is 1.99. The lowest BCUT2D eigenvalue weighted by Gasteiger charge is -2.19. The molecule has 2 rings (SSSR count). The van der Waals surface area contributed by atoms with Crippen LogP contribution in [0.2, 0.25) is 0 Å². The minimum absolute atomic E-state index is 0.155. The molecular formula is C15H22N2O4. The first-order valence-electron chi connectivity index (χ1n) is 7.17. The molecule has 0 spiro atoms. The number of nitrogens with zero attached hydrogens (tertiary/aromatic N) is 1. The van der Waals surface area contributed by atoms with Gasteiger partial charge in [-0.1, -0.05) is 0 Å². The van der Waals surface area contributed by atoms with Crippen LogP contribution in [0.3, 0.4) is 0 Å². The van der Waals surface area contributed by atoms with Gasteiger partial charge in [0.1, 0.15) is 5.75 Å². The lowest BCUT2D eigenvalue weighted by Crippen LogP contribution is -2.33. The standard InChI is InChI=1S/C15H22N2O4/c1-3-19-13-6-4-12(5-7-13)16-15(18)17(2)9-8-14-20-10-11-21-14/h4-7,14H,3,8-11H2,1-2H3,(H,16,18). The zero-order chi connectivity index (χ0) is 15.1. The van der Waals surface area contributed by atoms with Crippen molar-refractivity contribution < 1.29 is 19.0 Å². The Morgan fingerprint density at radius 3 is 2.62 bits per heavy atom. The van der Waals surface area contributed by atoms with E-state index in [0.717, 1.165) is 11.4 Å². The Kier molecular flexibility index (Phi) is 5.83. The van der Waals surface area contributed by atoms with Gasteiger partial charge in [0.25, 0.3) is 0 Å². The van der Waals surface area contributed by atoms with Gasteiger partial charge >= 0.3 is 6.03 Å². The SMILES string of the molecule is CCOc1ccc(NC(=O)N(C)CCC2OCCO2)cc1. The van der Waals surface area contributed by atoms with Crippen LogP contribution in [-0.2, 0) is 9.47 Å². The summed E-state index contributed by atoms with van der Waals surface area (Å²) in [6.45, 7) is 4.40. The Labute approximate surface area is 125 Å². The van der Waals surface area contributed by atoms with Crippen LogP contribution >= 0.6 is 0 Å². The van der Waals surface area contributed by atoms with Gasteiger partial charge in [0.2, 0.25) is 0 Å². The van der Waals surface area contributed by atoms with E-state index in [-0.39, 0.29) is 12.3 Å². The average Bonchev–Trinajstić information content (AvgIpc) is 3.00. The number of anilines is 1. The van der Waals surface area contributed by atoms with Crippen LogP contribution in [0.4, 0.5) is 10.5 Å². The van der Waals surface area contributed by atoms with Gasteiger partial charge < -0.3 is 24.4 Å². The average molecular weight is 294 g/mol. The molecule has 0 unspecified atom stereocenters. The van der Waals surface area contributed by atoms with E-state index >= 15 is 0 Å². The fraction of sp³-hybridized carbons (Fsp3) is 0.533. The number of benzene rings is 1. The highest BCUT2D eigenvalue weighted by molar-refractivity contribution is 5.89. The molecule has 1 aliphatic rings. The molecule has 1 aromatic carbocycles. The summed E-state index contributed by atoms with van der Waals surface area (Å²) in [7, 11) is 1.75. The third kappa shape index (κ3) is 4.91. The first kappa shape index (κ1) is 15.6. The van der Waals surface area contributed by atoms with Crippen molar-refractivity contribution in [2.45, 2.75) is 19.6 Å². The zero-order valence-corrected chi connectivity index (χ0v) is 12.5. The van der Waals surface area contributed by atoms with Crippen molar-refractivity contribution in [1.29, 1.82) is 0 Å². The second-order valence-electron chi connectivity index (χ2n) is 4.77. The van der Waals surface area contributed by atoms with Crippen molar-refractivity contribution in [1.82, 2.24) is 4.90 Å². The minimum atomic E-state index is -0.189. The Morgan fingerprint density at radius 2 is 2.00 bits per heavy atom. The molecule has 0 saturated carbocycles. The molecule has 0 aromatic heterocycles. The molecule has 0 aliphatic carbocycles. The molecule has 0 radical (unpaired) electrons. The molecule has 0 bridgehead atoms. The molecule has 1 aromatic rings. The Bertz CT molecular complexity index is 443. The summed E-state index contributed by atoms with van der Waals surface area (Å²) in [5, 5.41) is 2.84. The molecule has 6 heteroatoms. The molecule has 1 fully saturated rings. The van der Waals surface area contributed by atoms with E-state index in [1.54, 1.807) is 11.9 Å². The largest absolute Gasteiger partial charge is 0.494 e. The predicted octanol–water partition coefficient (Wildman–Crippen LogP) is 2.31. The van der Waals surface area contributed by atoms with Crippen LogP contribution in [-0.4, -0.2) is 50.6 Å². The Hall–Kier alpha value is -1.79. The van der Waals surface area contributed by atoms with E-state index in [9.17, 15) is 4.79 Å². The number of hydrogen-bond acceptors (Lipinski definition) is 4. The number of carbonyl (C=O) groups excluding carboxylic acids is 1. The highest BCUT2D eigenvalue weighted by Crippen LogP contribution is 2.16. The third-order valence-electron chi connectivity index (χ3n) is 3.15. The maximum Gasteiger partial charge on any atom is 0.321 e. The lowest BCUT2D eigenvalue weighted by molar-refractivity contribution is -0.0488. The normalized spacial score (nSPS) is 15.0. The van der Waals surface area contributed by atoms with Crippen molar-refractivity contribution in [2.75, 3.05) is 38.7 Å². The van der Waals surface area contributed by atoms with E-state index in [1.165, 1.54) is 0 Å². The monoisotopic (exact) mass is 294 g/mol. The van der Waals surface area contributed by atoms with E-state index in [0.29, 0.717) is 32.8 Å². The van der Waals surface area contributed by atoms with E-state index < -0.39 is 0 Å². The molecule has 21 heavy (non-hydrogen) atoms. The van der Waals surface area contributed by atoms with Gasteiger partial charge in [-0.15, -0.1) is 0 Å². The van der Waals surface area contributed by atoms with Crippen LogP contribution in [0.15, 0.2) is 24.3 Å². The number of hydrogen-bond donors (Lipinski definition) is 1. The van der Waals surface area contributed by atoms with Gasteiger partial charge in [0.15, 0.2) is 6.29 Å². The van der Waals surface area contributed by atoms with Gasteiger partial charge in [-0.05, 0) is 31.2 Å². The van der Waals surface area contributed by atoms with Gasteiger partial charge in [0.05, 0.1) is 19.8 Å². The smallest absolute Gasteiger partial charge is 0.321 e. The van der Waals surface area contributed by atoms with E-state index in [4.69, 9.17) is 14.2 Å². The summed E-state index contributed by atoms with van der Waals surface area (Å²) >= 11 is 0. The van der Waals surface area contributed by atoms with Crippen LogP contribution in [0.25, 0.3) is 0 Å². The summed E-state index contributed by atoms with van der Waals surface area (Å²) in [6.07, 6.45) is 0.485. The van der Waals surface area contributed by atoms with Gasteiger partial charge in [-0.3, -0.25) is 0 Å². The van der Waals surface area contributed by atoms with Crippen molar-refractivity contribution >= 4 is 11.7 Å². The first-order valence-corrected chi connectivity index (χ1v) is 7.17. The maximum atomic E-state index is 12.0. The number of nitrogens with one attached hydrogen (secondary N) is 1. The molecule has 1 N–H and O–H groups in total. The van der Waals surface area contributed by atoms with Crippen LogP contribution in [0.1, 0.15) is 13.3 Å². The summed E-state index contributed by atoms with van der Waals surface area (Å²) in [4.78, 5) is 13.6.